The van der Waals surface area contributed by atoms with Gasteiger partial charge in [-0.05, 0) is 24.6 Å². The summed E-state index contributed by atoms with van der Waals surface area (Å²) < 4.78 is 5.01. The lowest BCUT2D eigenvalue weighted by molar-refractivity contribution is -0.145. The van der Waals surface area contributed by atoms with E-state index in [4.69, 9.17) is 21.6 Å². The van der Waals surface area contributed by atoms with Crippen LogP contribution in [0.25, 0.3) is 0 Å². The van der Waals surface area contributed by atoms with Crippen molar-refractivity contribution >= 4 is 17.6 Å². The van der Waals surface area contributed by atoms with E-state index in [1.54, 1.807) is 31.2 Å². The SMILES string of the molecule is CC(C#N)CC(=O)OCc1ccc(Cl)cc1. The Morgan fingerprint density at radius 2 is 2.12 bits per heavy atom. The summed E-state index contributed by atoms with van der Waals surface area (Å²) in [6.07, 6.45) is 0.129. The molecule has 0 heterocycles. The number of esters is 1. The number of carbonyl (C=O) groups excluding carboxylic acids is 1. The van der Waals surface area contributed by atoms with Gasteiger partial charge in [0, 0.05) is 5.02 Å². The number of benzene rings is 1. The van der Waals surface area contributed by atoms with E-state index in [1.807, 2.05) is 6.07 Å². The molecular formula is C12H12ClNO2. The van der Waals surface area contributed by atoms with Gasteiger partial charge >= 0.3 is 5.97 Å². The molecule has 0 aliphatic carbocycles. The van der Waals surface area contributed by atoms with E-state index in [0.29, 0.717) is 5.02 Å². The van der Waals surface area contributed by atoms with Crippen molar-refractivity contribution in [2.45, 2.75) is 20.0 Å². The predicted octanol–water partition coefficient (Wildman–Crippen LogP) is 2.93. The monoisotopic (exact) mass is 237 g/mol. The lowest BCUT2D eigenvalue weighted by Crippen LogP contribution is -2.08. The van der Waals surface area contributed by atoms with E-state index in [0.717, 1.165) is 5.56 Å². The van der Waals surface area contributed by atoms with Gasteiger partial charge in [0.15, 0.2) is 0 Å². The molecule has 0 aliphatic heterocycles. The number of hydrogen-bond acceptors (Lipinski definition) is 3. The molecule has 0 aliphatic rings. The van der Waals surface area contributed by atoms with E-state index < -0.39 is 0 Å². The van der Waals surface area contributed by atoms with Crippen LogP contribution in [0.4, 0.5) is 0 Å². The topological polar surface area (TPSA) is 50.1 Å². The average molecular weight is 238 g/mol. The minimum atomic E-state index is -0.357. The average Bonchev–Trinajstić information content (AvgIpc) is 2.28. The van der Waals surface area contributed by atoms with Gasteiger partial charge in [-0.3, -0.25) is 4.79 Å². The minimum Gasteiger partial charge on any atom is -0.461 e. The molecule has 0 N–H and O–H groups in total. The zero-order valence-corrected chi connectivity index (χ0v) is 9.70. The first-order valence-corrected chi connectivity index (χ1v) is 5.29. The zero-order valence-electron chi connectivity index (χ0n) is 8.94. The highest BCUT2D eigenvalue weighted by Crippen LogP contribution is 2.11. The van der Waals surface area contributed by atoms with E-state index in [1.165, 1.54) is 0 Å². The van der Waals surface area contributed by atoms with Gasteiger partial charge in [-0.15, -0.1) is 0 Å². The van der Waals surface area contributed by atoms with Crippen molar-refractivity contribution in [1.82, 2.24) is 0 Å². The van der Waals surface area contributed by atoms with Crippen LogP contribution in [0.15, 0.2) is 24.3 Å². The summed E-state index contributed by atoms with van der Waals surface area (Å²) >= 11 is 5.72. The van der Waals surface area contributed by atoms with Gasteiger partial charge in [-0.1, -0.05) is 23.7 Å². The van der Waals surface area contributed by atoms with Gasteiger partial charge in [-0.25, -0.2) is 0 Å². The maximum atomic E-state index is 11.3. The number of carbonyl (C=O) groups is 1. The zero-order chi connectivity index (χ0) is 12.0. The Morgan fingerprint density at radius 3 is 2.69 bits per heavy atom. The quantitative estimate of drug-likeness (QED) is 0.757. The van der Waals surface area contributed by atoms with Crippen LogP contribution in [-0.4, -0.2) is 5.97 Å². The summed E-state index contributed by atoms with van der Waals surface area (Å²) in [4.78, 5) is 11.3. The molecule has 1 atom stereocenters. The smallest absolute Gasteiger partial charge is 0.307 e. The second-order valence-corrected chi connectivity index (χ2v) is 3.96. The number of rotatable bonds is 4. The number of ether oxygens (including phenoxy) is 1. The highest BCUT2D eigenvalue weighted by molar-refractivity contribution is 6.30. The van der Waals surface area contributed by atoms with Gasteiger partial charge in [0.2, 0.25) is 0 Å². The molecule has 1 aromatic carbocycles. The molecule has 0 spiro atoms. The lowest BCUT2D eigenvalue weighted by atomic mass is 10.1. The molecule has 0 saturated heterocycles. The van der Waals surface area contributed by atoms with E-state index in [9.17, 15) is 4.79 Å². The van der Waals surface area contributed by atoms with Crippen molar-refractivity contribution in [2.75, 3.05) is 0 Å². The summed E-state index contributed by atoms with van der Waals surface area (Å²) in [7, 11) is 0. The summed E-state index contributed by atoms with van der Waals surface area (Å²) in [5.74, 6) is -0.665. The summed E-state index contributed by atoms with van der Waals surface area (Å²) in [6, 6.07) is 9.05. The van der Waals surface area contributed by atoms with Crippen molar-refractivity contribution in [3.05, 3.63) is 34.9 Å². The van der Waals surface area contributed by atoms with Gasteiger partial charge < -0.3 is 4.74 Å². The highest BCUT2D eigenvalue weighted by Gasteiger charge is 2.09. The summed E-state index contributed by atoms with van der Waals surface area (Å²) in [6.45, 7) is 1.90. The van der Waals surface area contributed by atoms with Crippen molar-refractivity contribution in [3.8, 4) is 6.07 Å². The second-order valence-electron chi connectivity index (χ2n) is 3.52. The molecule has 84 valence electrons. The minimum absolute atomic E-state index is 0.129. The maximum Gasteiger partial charge on any atom is 0.307 e. The lowest BCUT2D eigenvalue weighted by Gasteiger charge is -2.05. The molecule has 0 amide bonds. The molecule has 0 saturated carbocycles. The van der Waals surface area contributed by atoms with Gasteiger partial charge in [0.05, 0.1) is 18.4 Å². The van der Waals surface area contributed by atoms with Gasteiger partial charge in [0.1, 0.15) is 6.61 Å². The Hall–Kier alpha value is -1.53. The van der Waals surface area contributed by atoms with E-state index in [-0.39, 0.29) is 24.9 Å². The van der Waals surface area contributed by atoms with Crippen LogP contribution in [-0.2, 0) is 16.1 Å². The molecule has 0 aromatic heterocycles. The third-order valence-corrected chi connectivity index (χ3v) is 2.26. The predicted molar refractivity (Wildman–Crippen MR) is 60.6 cm³/mol. The Labute approximate surface area is 99.6 Å². The fraction of sp³-hybridized carbons (Fsp3) is 0.333. The van der Waals surface area contributed by atoms with E-state index in [2.05, 4.69) is 0 Å². The fourth-order valence-electron chi connectivity index (χ4n) is 1.10. The van der Waals surface area contributed by atoms with Crippen LogP contribution in [0, 0.1) is 17.2 Å². The van der Waals surface area contributed by atoms with Crippen LogP contribution in [0.1, 0.15) is 18.9 Å². The molecule has 1 rings (SSSR count). The number of halogens is 1. The Balaban J connectivity index is 2.38. The molecule has 1 unspecified atom stereocenters. The van der Waals surface area contributed by atoms with Crippen LogP contribution >= 0.6 is 11.6 Å². The third-order valence-electron chi connectivity index (χ3n) is 2.01. The Bertz CT molecular complexity index is 394. The normalized spacial score (nSPS) is 11.6. The largest absolute Gasteiger partial charge is 0.461 e. The molecule has 0 radical (unpaired) electrons. The number of hydrogen-bond donors (Lipinski definition) is 0. The van der Waals surface area contributed by atoms with E-state index >= 15 is 0 Å². The van der Waals surface area contributed by atoms with Crippen LogP contribution in [0.2, 0.25) is 5.02 Å². The van der Waals surface area contributed by atoms with Crippen LogP contribution in [0.5, 0.6) is 0 Å². The first kappa shape index (κ1) is 12.5. The number of nitrogens with zero attached hydrogens (tertiary/aromatic N) is 1. The molecular weight excluding hydrogens is 226 g/mol. The fourth-order valence-corrected chi connectivity index (χ4v) is 1.23. The molecule has 3 nitrogen and oxygen atoms in total. The van der Waals surface area contributed by atoms with Crippen molar-refractivity contribution in [3.63, 3.8) is 0 Å². The van der Waals surface area contributed by atoms with Crippen molar-refractivity contribution in [1.29, 1.82) is 5.26 Å². The first-order chi connectivity index (χ1) is 7.61. The molecule has 4 heteroatoms. The number of nitriles is 1. The van der Waals surface area contributed by atoms with Crippen molar-refractivity contribution in [2.24, 2.45) is 5.92 Å². The Morgan fingerprint density at radius 1 is 1.50 bits per heavy atom. The highest BCUT2D eigenvalue weighted by atomic mass is 35.5. The standard InChI is InChI=1S/C12H12ClNO2/c1-9(7-14)6-12(15)16-8-10-2-4-11(13)5-3-10/h2-5,9H,6,8H2,1H3. The molecule has 16 heavy (non-hydrogen) atoms. The van der Waals surface area contributed by atoms with Gasteiger partial charge in [0.25, 0.3) is 0 Å². The summed E-state index contributed by atoms with van der Waals surface area (Å²) in [5, 5.41) is 9.17. The maximum absolute atomic E-state index is 11.3. The van der Waals surface area contributed by atoms with Crippen LogP contribution in [0.3, 0.4) is 0 Å². The second kappa shape index (κ2) is 6.14. The Kier molecular flexibility index (Phi) is 4.81. The molecule has 1 aromatic rings. The van der Waals surface area contributed by atoms with Crippen molar-refractivity contribution < 1.29 is 9.53 Å². The van der Waals surface area contributed by atoms with Crippen LogP contribution < -0.4 is 0 Å². The molecule has 0 fully saturated rings. The third kappa shape index (κ3) is 4.33. The van der Waals surface area contributed by atoms with Gasteiger partial charge in [-0.2, -0.15) is 5.26 Å². The first-order valence-electron chi connectivity index (χ1n) is 4.91. The summed E-state index contributed by atoms with van der Waals surface area (Å²) in [5.41, 5.74) is 0.877. The molecule has 0 bridgehead atoms.